The van der Waals surface area contributed by atoms with E-state index in [1.54, 1.807) is 42.5 Å². The fourth-order valence-corrected chi connectivity index (χ4v) is 4.08. The van der Waals surface area contributed by atoms with E-state index in [1.807, 2.05) is 0 Å². The van der Waals surface area contributed by atoms with Crippen LogP contribution in [0.1, 0.15) is 5.56 Å². The lowest BCUT2D eigenvalue weighted by Crippen LogP contribution is -2.07. The second-order valence-electron chi connectivity index (χ2n) is 7.14. The van der Waals surface area contributed by atoms with Crippen LogP contribution in [0.5, 0.6) is 0 Å². The topological polar surface area (TPSA) is 52.0 Å². The highest BCUT2D eigenvalue weighted by atomic mass is 35.5. The molecule has 0 bridgehead atoms. The number of nitrogens with zero attached hydrogens (tertiary/aromatic N) is 2. The first-order chi connectivity index (χ1) is 15.0. The maximum Gasteiger partial charge on any atom is 0.417 e. The van der Waals surface area contributed by atoms with E-state index in [0.717, 1.165) is 12.3 Å². The molecule has 0 aliphatic rings. The van der Waals surface area contributed by atoms with Crippen molar-refractivity contribution in [3.05, 3.63) is 89.4 Å². The molecule has 4 nitrogen and oxygen atoms in total. The van der Waals surface area contributed by atoms with E-state index in [0.29, 0.717) is 22.0 Å². The lowest BCUT2D eigenvalue weighted by Gasteiger charge is -2.10. The van der Waals surface area contributed by atoms with Crippen LogP contribution in [0.2, 0.25) is 5.02 Å². The third-order valence-electron chi connectivity index (χ3n) is 4.87. The van der Waals surface area contributed by atoms with E-state index >= 15 is 0 Å². The zero-order valence-corrected chi connectivity index (χ0v) is 18.2. The van der Waals surface area contributed by atoms with Gasteiger partial charge in [0.1, 0.15) is 0 Å². The number of halogens is 4. The van der Waals surface area contributed by atoms with Gasteiger partial charge in [-0.25, -0.2) is 13.1 Å². The molecular formula is C23H16ClF3N2O2S. The van der Waals surface area contributed by atoms with E-state index in [4.69, 9.17) is 11.6 Å². The van der Waals surface area contributed by atoms with E-state index in [1.165, 1.54) is 35.0 Å². The molecule has 0 amide bonds. The van der Waals surface area contributed by atoms with Gasteiger partial charge in [-0.1, -0.05) is 41.9 Å². The van der Waals surface area contributed by atoms with Gasteiger partial charge in [0.15, 0.2) is 9.84 Å². The minimum atomic E-state index is -4.54. The third-order valence-corrected chi connectivity index (χ3v) is 6.25. The Morgan fingerprint density at radius 2 is 1.53 bits per heavy atom. The van der Waals surface area contributed by atoms with Crippen LogP contribution in [0, 0.1) is 0 Å². The molecule has 4 rings (SSSR count). The summed E-state index contributed by atoms with van der Waals surface area (Å²) in [6, 6.07) is 19.6. The first kappa shape index (κ1) is 22.1. The zero-order valence-electron chi connectivity index (χ0n) is 16.6. The van der Waals surface area contributed by atoms with Crippen LogP contribution in [-0.2, 0) is 16.0 Å². The Bertz CT molecular complexity index is 1380. The highest BCUT2D eigenvalue weighted by Gasteiger charge is 2.34. The summed E-state index contributed by atoms with van der Waals surface area (Å²) in [6.45, 7) is 0. The first-order valence-electron chi connectivity index (χ1n) is 9.37. The summed E-state index contributed by atoms with van der Waals surface area (Å²) in [6.07, 6.45) is -3.45. The van der Waals surface area contributed by atoms with Gasteiger partial charge in [-0.05, 0) is 48.5 Å². The lowest BCUT2D eigenvalue weighted by atomic mass is 10.0. The van der Waals surface area contributed by atoms with Crippen LogP contribution in [-0.4, -0.2) is 24.5 Å². The number of benzene rings is 3. The van der Waals surface area contributed by atoms with Crippen molar-refractivity contribution in [3.8, 4) is 28.2 Å². The Hall–Kier alpha value is -3.10. The molecule has 32 heavy (non-hydrogen) atoms. The number of alkyl halides is 3. The van der Waals surface area contributed by atoms with Crippen LogP contribution in [0.3, 0.4) is 0 Å². The van der Waals surface area contributed by atoms with Gasteiger partial charge in [0.2, 0.25) is 0 Å². The van der Waals surface area contributed by atoms with E-state index in [9.17, 15) is 21.6 Å². The maximum absolute atomic E-state index is 13.6. The molecule has 0 fully saturated rings. The molecule has 9 heteroatoms. The molecule has 1 aromatic heterocycles. The van der Waals surface area contributed by atoms with Crippen molar-refractivity contribution in [2.75, 3.05) is 6.26 Å². The minimum Gasteiger partial charge on any atom is -0.232 e. The lowest BCUT2D eigenvalue weighted by molar-refractivity contribution is -0.137. The second kappa shape index (κ2) is 8.11. The van der Waals surface area contributed by atoms with Gasteiger partial charge in [0.05, 0.1) is 27.5 Å². The normalized spacial score (nSPS) is 12.2. The monoisotopic (exact) mass is 476 g/mol. The number of hydrogen-bond donors (Lipinski definition) is 0. The summed E-state index contributed by atoms with van der Waals surface area (Å²) in [5.74, 6) is 0. The molecule has 0 spiro atoms. The summed E-state index contributed by atoms with van der Waals surface area (Å²) in [7, 11) is -3.40. The Labute approximate surface area is 187 Å². The minimum absolute atomic E-state index is 0.0540. The maximum atomic E-state index is 13.6. The summed E-state index contributed by atoms with van der Waals surface area (Å²) >= 11 is 5.98. The average Bonchev–Trinajstić information content (AvgIpc) is 3.18. The van der Waals surface area contributed by atoms with Crippen molar-refractivity contribution in [1.82, 2.24) is 9.78 Å². The van der Waals surface area contributed by atoms with Gasteiger partial charge < -0.3 is 0 Å². The van der Waals surface area contributed by atoms with E-state index in [-0.39, 0.29) is 16.2 Å². The molecule has 0 unspecified atom stereocenters. The largest absolute Gasteiger partial charge is 0.417 e. The Kier molecular flexibility index (Phi) is 5.60. The summed E-state index contributed by atoms with van der Waals surface area (Å²) in [4.78, 5) is 0.129. The molecular weight excluding hydrogens is 461 g/mol. The fraction of sp³-hybridized carbons (Fsp3) is 0.0870. The Balaban J connectivity index is 1.92. The molecule has 0 atom stereocenters. The quantitative estimate of drug-likeness (QED) is 0.348. The second-order valence-corrected chi connectivity index (χ2v) is 9.60. The fourth-order valence-electron chi connectivity index (χ4n) is 3.32. The van der Waals surface area contributed by atoms with Crippen molar-refractivity contribution in [2.24, 2.45) is 0 Å². The van der Waals surface area contributed by atoms with Crippen molar-refractivity contribution in [2.45, 2.75) is 11.1 Å². The summed E-state index contributed by atoms with van der Waals surface area (Å²) in [5.41, 5.74) is 1.00. The Morgan fingerprint density at radius 3 is 2.12 bits per heavy atom. The first-order valence-corrected chi connectivity index (χ1v) is 11.6. The van der Waals surface area contributed by atoms with Crippen molar-refractivity contribution in [1.29, 1.82) is 0 Å². The van der Waals surface area contributed by atoms with Crippen molar-refractivity contribution in [3.63, 3.8) is 0 Å². The zero-order chi connectivity index (χ0) is 23.1. The average molecular weight is 477 g/mol. The molecule has 0 saturated carbocycles. The predicted octanol–water partition coefficient (Wildman–Crippen LogP) is 6.28. The molecule has 0 radical (unpaired) electrons. The smallest absolute Gasteiger partial charge is 0.232 e. The molecule has 0 saturated heterocycles. The number of rotatable bonds is 4. The molecule has 0 aliphatic carbocycles. The summed E-state index contributed by atoms with van der Waals surface area (Å²) < 4.78 is 65.8. The Morgan fingerprint density at radius 1 is 0.906 bits per heavy atom. The van der Waals surface area contributed by atoms with Crippen LogP contribution >= 0.6 is 11.6 Å². The number of aromatic nitrogens is 2. The predicted molar refractivity (Wildman–Crippen MR) is 118 cm³/mol. The number of hydrogen-bond acceptors (Lipinski definition) is 3. The molecule has 3 aromatic carbocycles. The van der Waals surface area contributed by atoms with Gasteiger partial charge in [-0.2, -0.15) is 18.3 Å². The highest BCUT2D eigenvalue weighted by Crippen LogP contribution is 2.38. The molecule has 0 aliphatic heterocycles. The van der Waals surface area contributed by atoms with Gasteiger partial charge in [0.25, 0.3) is 0 Å². The van der Waals surface area contributed by atoms with Crippen molar-refractivity contribution < 1.29 is 21.6 Å². The van der Waals surface area contributed by atoms with Gasteiger partial charge in [-0.15, -0.1) is 0 Å². The number of sulfone groups is 1. The standard InChI is InChI=1S/C23H16ClF3N2O2S/c1-32(30,31)18-12-10-17(11-13-18)29-22(15-6-8-16(24)9-7-15)14-21(28-29)19-4-2-3-5-20(19)23(25,26)27/h2-14H,1H3. The van der Waals surface area contributed by atoms with Gasteiger partial charge in [0, 0.05) is 22.4 Å². The van der Waals surface area contributed by atoms with Crippen LogP contribution in [0.15, 0.2) is 83.8 Å². The van der Waals surface area contributed by atoms with E-state index < -0.39 is 21.6 Å². The molecule has 4 aromatic rings. The van der Waals surface area contributed by atoms with Crippen LogP contribution in [0.25, 0.3) is 28.2 Å². The molecule has 0 N–H and O–H groups in total. The summed E-state index contributed by atoms with van der Waals surface area (Å²) in [5, 5.41) is 4.96. The van der Waals surface area contributed by atoms with E-state index in [2.05, 4.69) is 5.10 Å². The highest BCUT2D eigenvalue weighted by molar-refractivity contribution is 7.90. The van der Waals surface area contributed by atoms with Gasteiger partial charge in [-0.3, -0.25) is 0 Å². The SMILES string of the molecule is CS(=O)(=O)c1ccc(-n2nc(-c3ccccc3C(F)(F)F)cc2-c2ccc(Cl)cc2)cc1. The van der Waals surface area contributed by atoms with Crippen LogP contribution < -0.4 is 0 Å². The van der Waals surface area contributed by atoms with Crippen LogP contribution in [0.4, 0.5) is 13.2 Å². The van der Waals surface area contributed by atoms with Crippen molar-refractivity contribution >= 4 is 21.4 Å². The third kappa shape index (κ3) is 4.42. The molecule has 1 heterocycles. The molecule has 164 valence electrons. The van der Waals surface area contributed by atoms with Gasteiger partial charge >= 0.3 is 6.18 Å².